The minimum Gasteiger partial charge on any atom is -0.339 e. The van der Waals surface area contributed by atoms with Gasteiger partial charge >= 0.3 is 0 Å². The molecule has 4 nitrogen and oxygen atoms in total. The second-order valence-electron chi connectivity index (χ2n) is 5.14. The van der Waals surface area contributed by atoms with Crippen molar-refractivity contribution in [2.45, 2.75) is 42.6 Å². The maximum Gasteiger partial charge on any atom is 0.231 e. The van der Waals surface area contributed by atoms with Crippen LogP contribution >= 0.6 is 23.5 Å². The predicted octanol–water partition coefficient (Wildman–Crippen LogP) is 2.84. The van der Waals surface area contributed by atoms with E-state index in [1.165, 1.54) is 30.8 Å². The van der Waals surface area contributed by atoms with Gasteiger partial charge < -0.3 is 9.84 Å². The SMILES string of the molecule is CCC1SCCSC1c1noc([C@H]2CCCNC2)n1. The fourth-order valence-electron chi connectivity index (χ4n) is 2.73. The summed E-state index contributed by atoms with van der Waals surface area (Å²) >= 11 is 4.04. The van der Waals surface area contributed by atoms with Gasteiger partial charge in [-0.2, -0.15) is 16.7 Å². The van der Waals surface area contributed by atoms with E-state index in [0.717, 1.165) is 24.8 Å². The summed E-state index contributed by atoms with van der Waals surface area (Å²) in [6.45, 7) is 4.35. The Morgan fingerprint density at radius 2 is 2.26 bits per heavy atom. The standard InChI is InChI=1S/C13H21N3OS2/c1-2-10-11(19-7-6-18-10)12-15-13(17-16-12)9-4-3-5-14-8-9/h9-11,14H,2-8H2,1H3/t9-,10?,11?/m0/s1. The zero-order chi connectivity index (χ0) is 13.1. The first-order valence-corrected chi connectivity index (χ1v) is 9.25. The van der Waals surface area contributed by atoms with Crippen LogP contribution < -0.4 is 5.32 Å². The third kappa shape index (κ3) is 3.11. The summed E-state index contributed by atoms with van der Waals surface area (Å²) in [5.74, 6) is 4.62. The van der Waals surface area contributed by atoms with Gasteiger partial charge in [-0.05, 0) is 25.8 Å². The first-order chi connectivity index (χ1) is 9.38. The van der Waals surface area contributed by atoms with E-state index >= 15 is 0 Å². The van der Waals surface area contributed by atoms with Crippen molar-refractivity contribution in [2.75, 3.05) is 24.6 Å². The number of nitrogens with one attached hydrogen (secondary N) is 1. The molecule has 0 bridgehead atoms. The van der Waals surface area contributed by atoms with Crippen molar-refractivity contribution in [1.82, 2.24) is 15.5 Å². The van der Waals surface area contributed by atoms with E-state index < -0.39 is 0 Å². The number of hydrogen-bond acceptors (Lipinski definition) is 6. The molecule has 6 heteroatoms. The third-order valence-electron chi connectivity index (χ3n) is 3.81. The van der Waals surface area contributed by atoms with Crippen LogP contribution in [-0.2, 0) is 0 Å². The molecule has 0 saturated carbocycles. The van der Waals surface area contributed by atoms with Gasteiger partial charge in [0.15, 0.2) is 5.82 Å². The lowest BCUT2D eigenvalue weighted by Gasteiger charge is -2.27. The van der Waals surface area contributed by atoms with E-state index in [4.69, 9.17) is 9.51 Å². The highest BCUT2D eigenvalue weighted by Gasteiger charge is 2.31. The van der Waals surface area contributed by atoms with Crippen LogP contribution in [0, 0.1) is 0 Å². The second kappa shape index (κ2) is 6.50. The van der Waals surface area contributed by atoms with E-state index in [0.29, 0.717) is 16.4 Å². The molecule has 19 heavy (non-hydrogen) atoms. The Morgan fingerprint density at radius 3 is 3.05 bits per heavy atom. The van der Waals surface area contributed by atoms with Gasteiger partial charge in [-0.1, -0.05) is 12.1 Å². The molecule has 0 radical (unpaired) electrons. The Balaban J connectivity index is 1.72. The number of rotatable bonds is 3. The molecule has 2 aliphatic heterocycles. The highest BCUT2D eigenvalue weighted by molar-refractivity contribution is 8.06. The van der Waals surface area contributed by atoms with Gasteiger partial charge in [0.1, 0.15) is 0 Å². The average Bonchev–Trinajstić information content (AvgIpc) is 2.98. The number of thioether (sulfide) groups is 2. The average molecular weight is 299 g/mol. The van der Waals surface area contributed by atoms with E-state index in [-0.39, 0.29) is 0 Å². The number of nitrogens with zero attached hydrogens (tertiary/aromatic N) is 2. The molecule has 1 N–H and O–H groups in total. The lowest BCUT2D eigenvalue weighted by atomic mass is 10.00. The summed E-state index contributed by atoms with van der Waals surface area (Å²) in [5.41, 5.74) is 0. The van der Waals surface area contributed by atoms with Crippen molar-refractivity contribution in [3.05, 3.63) is 11.7 Å². The smallest absolute Gasteiger partial charge is 0.231 e. The molecule has 3 atom stereocenters. The van der Waals surface area contributed by atoms with Crippen molar-refractivity contribution < 1.29 is 4.52 Å². The molecule has 3 heterocycles. The van der Waals surface area contributed by atoms with Crippen molar-refractivity contribution >= 4 is 23.5 Å². The van der Waals surface area contributed by atoms with Crippen molar-refractivity contribution in [3.63, 3.8) is 0 Å². The Bertz CT molecular complexity index is 406. The molecule has 2 aliphatic rings. The summed E-state index contributed by atoms with van der Waals surface area (Å²) < 4.78 is 5.53. The zero-order valence-electron chi connectivity index (χ0n) is 11.3. The molecule has 1 aromatic heterocycles. The molecule has 2 saturated heterocycles. The van der Waals surface area contributed by atoms with Gasteiger partial charge in [0.05, 0.1) is 11.2 Å². The summed E-state index contributed by atoms with van der Waals surface area (Å²) in [5, 5.41) is 8.72. The van der Waals surface area contributed by atoms with Crippen LogP contribution in [0.4, 0.5) is 0 Å². The molecule has 0 spiro atoms. The first-order valence-electron chi connectivity index (χ1n) is 7.16. The maximum absolute atomic E-state index is 5.53. The highest BCUT2D eigenvalue weighted by Crippen LogP contribution is 2.43. The Labute approximate surface area is 122 Å². The number of piperidine rings is 1. The van der Waals surface area contributed by atoms with E-state index in [9.17, 15) is 0 Å². The minimum atomic E-state index is 0.413. The largest absolute Gasteiger partial charge is 0.339 e. The summed E-state index contributed by atoms with van der Waals surface area (Å²) in [4.78, 5) is 4.70. The fraction of sp³-hybridized carbons (Fsp3) is 0.846. The molecule has 0 amide bonds. The van der Waals surface area contributed by atoms with Crippen LogP contribution in [0.15, 0.2) is 4.52 Å². The monoisotopic (exact) mass is 299 g/mol. The lowest BCUT2D eigenvalue weighted by Crippen LogP contribution is -2.28. The Hall–Kier alpha value is -0.200. The second-order valence-corrected chi connectivity index (χ2v) is 7.74. The summed E-state index contributed by atoms with van der Waals surface area (Å²) in [6.07, 6.45) is 3.55. The van der Waals surface area contributed by atoms with E-state index in [1.807, 2.05) is 11.8 Å². The van der Waals surface area contributed by atoms with Gasteiger partial charge in [-0.25, -0.2) is 0 Å². The van der Waals surface area contributed by atoms with Crippen molar-refractivity contribution in [2.24, 2.45) is 0 Å². The van der Waals surface area contributed by atoms with Gasteiger partial charge in [0.25, 0.3) is 0 Å². The van der Waals surface area contributed by atoms with Crippen LogP contribution in [0.1, 0.15) is 49.1 Å². The first kappa shape index (κ1) is 13.8. The highest BCUT2D eigenvalue weighted by atomic mass is 32.2. The quantitative estimate of drug-likeness (QED) is 0.926. The Morgan fingerprint density at radius 1 is 1.37 bits per heavy atom. The van der Waals surface area contributed by atoms with Crippen LogP contribution in [-0.4, -0.2) is 40.0 Å². The molecular formula is C13H21N3OS2. The van der Waals surface area contributed by atoms with Crippen molar-refractivity contribution in [1.29, 1.82) is 0 Å². The minimum absolute atomic E-state index is 0.413. The van der Waals surface area contributed by atoms with Gasteiger partial charge in [-0.3, -0.25) is 0 Å². The van der Waals surface area contributed by atoms with Gasteiger partial charge in [0, 0.05) is 23.3 Å². The summed E-state index contributed by atoms with van der Waals surface area (Å²) in [6, 6.07) is 0. The number of hydrogen-bond donors (Lipinski definition) is 1. The predicted molar refractivity (Wildman–Crippen MR) is 80.9 cm³/mol. The van der Waals surface area contributed by atoms with Gasteiger partial charge in [0.2, 0.25) is 5.89 Å². The van der Waals surface area contributed by atoms with Crippen molar-refractivity contribution in [3.8, 4) is 0 Å². The third-order valence-corrected chi connectivity index (χ3v) is 7.05. The van der Waals surface area contributed by atoms with Crippen LogP contribution in [0.5, 0.6) is 0 Å². The van der Waals surface area contributed by atoms with E-state index in [2.05, 4.69) is 29.2 Å². The molecule has 2 fully saturated rings. The molecule has 0 aliphatic carbocycles. The zero-order valence-corrected chi connectivity index (χ0v) is 12.9. The van der Waals surface area contributed by atoms with Gasteiger partial charge in [-0.15, -0.1) is 11.8 Å². The molecular weight excluding hydrogens is 278 g/mol. The molecule has 2 unspecified atom stereocenters. The van der Waals surface area contributed by atoms with Crippen LogP contribution in [0.2, 0.25) is 0 Å². The van der Waals surface area contributed by atoms with E-state index in [1.54, 1.807) is 0 Å². The molecule has 106 valence electrons. The molecule has 0 aromatic carbocycles. The topological polar surface area (TPSA) is 51.0 Å². The lowest BCUT2D eigenvalue weighted by molar-refractivity contribution is 0.320. The normalized spacial score (nSPS) is 32.4. The fourth-order valence-corrected chi connectivity index (χ4v) is 5.72. The molecule has 3 rings (SSSR count). The number of aromatic nitrogens is 2. The van der Waals surface area contributed by atoms with Crippen LogP contribution in [0.3, 0.4) is 0 Å². The Kier molecular flexibility index (Phi) is 4.71. The molecule has 1 aromatic rings. The maximum atomic E-state index is 5.53. The van der Waals surface area contributed by atoms with Crippen LogP contribution in [0.25, 0.3) is 0 Å². The summed E-state index contributed by atoms with van der Waals surface area (Å²) in [7, 11) is 0.